The first-order valence-electron chi connectivity index (χ1n) is 8.73. The molecular formula is C17H24N5O2S2+. The minimum atomic E-state index is -0.0400. The van der Waals surface area contributed by atoms with Crippen LogP contribution in [0.25, 0.3) is 0 Å². The third kappa shape index (κ3) is 5.94. The summed E-state index contributed by atoms with van der Waals surface area (Å²) < 4.78 is 6.18. The monoisotopic (exact) mass is 394 g/mol. The second-order valence-electron chi connectivity index (χ2n) is 5.98. The summed E-state index contributed by atoms with van der Waals surface area (Å²) in [5, 5.41) is 14.9. The largest absolute Gasteiger partial charge is 0.370 e. The fourth-order valence-corrected chi connectivity index (χ4v) is 4.27. The van der Waals surface area contributed by atoms with Gasteiger partial charge in [-0.05, 0) is 19.1 Å². The quantitative estimate of drug-likeness (QED) is 0.582. The van der Waals surface area contributed by atoms with Gasteiger partial charge in [-0.25, -0.2) is 0 Å². The molecule has 1 saturated heterocycles. The van der Waals surface area contributed by atoms with E-state index in [1.807, 2.05) is 19.1 Å². The van der Waals surface area contributed by atoms with Gasteiger partial charge in [-0.15, -0.1) is 10.2 Å². The van der Waals surface area contributed by atoms with Crippen molar-refractivity contribution in [1.82, 2.24) is 10.2 Å². The van der Waals surface area contributed by atoms with Crippen molar-refractivity contribution in [2.45, 2.75) is 17.8 Å². The highest BCUT2D eigenvalue weighted by Crippen LogP contribution is 2.25. The van der Waals surface area contributed by atoms with E-state index >= 15 is 0 Å². The van der Waals surface area contributed by atoms with E-state index in [-0.39, 0.29) is 5.91 Å². The Morgan fingerprint density at radius 1 is 1.27 bits per heavy atom. The molecule has 1 aromatic carbocycles. The van der Waals surface area contributed by atoms with Crippen molar-refractivity contribution in [2.75, 3.05) is 49.2 Å². The van der Waals surface area contributed by atoms with Crippen molar-refractivity contribution in [2.24, 2.45) is 0 Å². The van der Waals surface area contributed by atoms with Crippen molar-refractivity contribution >= 4 is 39.8 Å². The summed E-state index contributed by atoms with van der Waals surface area (Å²) >= 11 is 2.86. The number of carbonyl (C=O) groups is 1. The first kappa shape index (κ1) is 19.1. The molecule has 9 heteroatoms. The van der Waals surface area contributed by atoms with E-state index in [0.29, 0.717) is 5.75 Å². The molecule has 0 spiro atoms. The maximum atomic E-state index is 12.1. The first-order valence-corrected chi connectivity index (χ1v) is 10.5. The molecule has 1 aliphatic rings. The number of morpholine rings is 1. The van der Waals surface area contributed by atoms with E-state index in [1.54, 1.807) is 4.90 Å². The molecule has 1 aliphatic heterocycles. The van der Waals surface area contributed by atoms with Crippen LogP contribution in [0.3, 0.4) is 0 Å². The summed E-state index contributed by atoms with van der Waals surface area (Å²) in [7, 11) is 0. The van der Waals surface area contributed by atoms with E-state index < -0.39 is 0 Å². The maximum absolute atomic E-state index is 12.1. The number of thioether (sulfide) groups is 1. The molecule has 0 bridgehead atoms. The number of hydrogen-bond acceptors (Lipinski definition) is 7. The number of amides is 1. The van der Waals surface area contributed by atoms with Crippen LogP contribution in [-0.4, -0.2) is 54.7 Å². The highest BCUT2D eigenvalue weighted by molar-refractivity contribution is 8.01. The lowest BCUT2D eigenvalue weighted by Gasteiger charge is -2.23. The van der Waals surface area contributed by atoms with Crippen LogP contribution in [0.4, 0.5) is 10.8 Å². The summed E-state index contributed by atoms with van der Waals surface area (Å²) in [5.74, 6) is 0.280. The van der Waals surface area contributed by atoms with Gasteiger partial charge < -0.3 is 20.3 Å². The van der Waals surface area contributed by atoms with Gasteiger partial charge in [0, 0.05) is 17.8 Å². The van der Waals surface area contributed by atoms with E-state index in [9.17, 15) is 4.79 Å². The normalized spacial score (nSPS) is 15.0. The molecule has 0 saturated carbocycles. The number of ether oxygens (including phenoxy) is 1. The van der Waals surface area contributed by atoms with Gasteiger partial charge in [0.15, 0.2) is 4.34 Å². The molecule has 0 atom stereocenters. The van der Waals surface area contributed by atoms with Gasteiger partial charge in [0.25, 0.3) is 0 Å². The molecule has 2 aromatic rings. The Kier molecular flexibility index (Phi) is 7.24. The van der Waals surface area contributed by atoms with Gasteiger partial charge in [0.2, 0.25) is 11.0 Å². The highest BCUT2D eigenvalue weighted by Gasteiger charge is 2.14. The second-order valence-corrected chi connectivity index (χ2v) is 8.18. The number of rotatable bonds is 8. The summed E-state index contributed by atoms with van der Waals surface area (Å²) in [5.41, 5.74) is 2.10. The van der Waals surface area contributed by atoms with Crippen molar-refractivity contribution in [3.8, 4) is 0 Å². The number of nitrogens with one attached hydrogen (secondary N) is 3. The average molecular weight is 395 g/mol. The van der Waals surface area contributed by atoms with Crippen LogP contribution < -0.4 is 15.5 Å². The molecule has 0 radical (unpaired) electrons. The topological polar surface area (TPSA) is 80.6 Å². The molecule has 3 rings (SSSR count). The molecule has 0 aliphatic carbocycles. The van der Waals surface area contributed by atoms with Crippen molar-refractivity contribution in [1.29, 1.82) is 0 Å². The van der Waals surface area contributed by atoms with Gasteiger partial charge >= 0.3 is 0 Å². The lowest BCUT2D eigenvalue weighted by molar-refractivity contribution is -0.921. The van der Waals surface area contributed by atoms with Crippen LogP contribution in [0.2, 0.25) is 0 Å². The minimum absolute atomic E-state index is 0.0400. The van der Waals surface area contributed by atoms with Crippen molar-refractivity contribution < 1.29 is 14.4 Å². The van der Waals surface area contributed by atoms with E-state index in [2.05, 4.69) is 33.0 Å². The predicted octanol–water partition coefficient (Wildman–Crippen LogP) is 1.12. The molecule has 0 unspecified atom stereocenters. The standard InChI is InChI=1S/C17H23N5O2S2/c1-2-18-16-20-21-17(26-16)25-12-15(23)19-14-5-3-13(4-6-14)11-22-7-9-24-10-8-22/h3-6H,2,7-12H2,1H3,(H,18,20)(H,19,23)/p+1. The summed E-state index contributed by atoms with van der Waals surface area (Å²) in [6.07, 6.45) is 0. The fraction of sp³-hybridized carbons (Fsp3) is 0.471. The lowest BCUT2D eigenvalue weighted by atomic mass is 10.2. The highest BCUT2D eigenvalue weighted by atomic mass is 32.2. The van der Waals surface area contributed by atoms with Gasteiger partial charge in [-0.3, -0.25) is 4.79 Å². The first-order chi connectivity index (χ1) is 12.7. The molecule has 140 valence electrons. The molecule has 26 heavy (non-hydrogen) atoms. The minimum Gasteiger partial charge on any atom is -0.370 e. The van der Waals surface area contributed by atoms with Gasteiger partial charge in [0.1, 0.15) is 19.6 Å². The fourth-order valence-electron chi connectivity index (χ4n) is 2.65. The van der Waals surface area contributed by atoms with Crippen LogP contribution in [0, 0.1) is 0 Å². The summed E-state index contributed by atoms with van der Waals surface area (Å²) in [6.45, 7) is 7.60. The van der Waals surface area contributed by atoms with Crippen LogP contribution in [0.5, 0.6) is 0 Å². The third-order valence-electron chi connectivity index (χ3n) is 3.95. The van der Waals surface area contributed by atoms with E-state index in [0.717, 1.165) is 54.6 Å². The Morgan fingerprint density at radius 2 is 2.04 bits per heavy atom. The van der Waals surface area contributed by atoms with Crippen LogP contribution in [0.1, 0.15) is 12.5 Å². The zero-order chi connectivity index (χ0) is 18.2. The van der Waals surface area contributed by atoms with Crippen LogP contribution in [0.15, 0.2) is 28.6 Å². The number of benzene rings is 1. The Morgan fingerprint density at radius 3 is 2.77 bits per heavy atom. The lowest BCUT2D eigenvalue weighted by Crippen LogP contribution is -3.12. The molecular weight excluding hydrogens is 370 g/mol. The Hall–Kier alpha value is -1.68. The zero-order valence-electron chi connectivity index (χ0n) is 14.8. The summed E-state index contributed by atoms with van der Waals surface area (Å²) in [4.78, 5) is 13.7. The molecule has 1 fully saturated rings. The number of carbonyl (C=O) groups excluding carboxylic acids is 1. The van der Waals surface area contributed by atoms with Crippen molar-refractivity contribution in [3.63, 3.8) is 0 Å². The molecule has 1 aromatic heterocycles. The van der Waals surface area contributed by atoms with Gasteiger partial charge in [0.05, 0.1) is 19.0 Å². The van der Waals surface area contributed by atoms with E-state index in [4.69, 9.17) is 4.74 Å². The van der Waals surface area contributed by atoms with Crippen LogP contribution in [-0.2, 0) is 16.1 Å². The Bertz CT molecular complexity index is 701. The van der Waals surface area contributed by atoms with E-state index in [1.165, 1.54) is 28.7 Å². The molecule has 7 nitrogen and oxygen atoms in total. The maximum Gasteiger partial charge on any atom is 0.234 e. The Labute approximate surface area is 161 Å². The molecule has 2 heterocycles. The predicted molar refractivity (Wildman–Crippen MR) is 105 cm³/mol. The number of hydrogen-bond donors (Lipinski definition) is 3. The number of anilines is 2. The summed E-state index contributed by atoms with van der Waals surface area (Å²) in [6, 6.07) is 8.09. The Balaban J connectivity index is 1.43. The number of aromatic nitrogens is 2. The average Bonchev–Trinajstić information content (AvgIpc) is 3.10. The molecule has 1 amide bonds. The second kappa shape index (κ2) is 9.86. The van der Waals surface area contributed by atoms with Crippen LogP contribution >= 0.6 is 23.1 Å². The SMILES string of the molecule is CCNc1nnc(SCC(=O)Nc2ccc(C[NH+]3CCOCC3)cc2)s1. The van der Waals surface area contributed by atoms with Gasteiger partial charge in [-0.2, -0.15) is 0 Å². The smallest absolute Gasteiger partial charge is 0.234 e. The van der Waals surface area contributed by atoms with Gasteiger partial charge in [-0.1, -0.05) is 35.2 Å². The number of nitrogens with zero attached hydrogens (tertiary/aromatic N) is 2. The number of quaternary nitrogens is 1. The third-order valence-corrected chi connectivity index (χ3v) is 5.97. The zero-order valence-corrected chi connectivity index (χ0v) is 16.4. The van der Waals surface area contributed by atoms with Crippen molar-refractivity contribution in [3.05, 3.63) is 29.8 Å². The molecule has 3 N–H and O–H groups in total.